The molecule has 0 bridgehead atoms. The molecule has 3 aromatic heterocycles. The molecule has 0 spiro atoms. The second kappa shape index (κ2) is 17.0. The quantitative estimate of drug-likeness (QED) is 0.142. The van der Waals surface area contributed by atoms with E-state index in [-0.39, 0.29) is 43.7 Å². The molecule has 0 saturated heterocycles. The van der Waals surface area contributed by atoms with Crippen molar-refractivity contribution in [1.29, 1.82) is 0 Å². The van der Waals surface area contributed by atoms with Crippen molar-refractivity contribution in [3.63, 3.8) is 0 Å². The number of rotatable bonds is 8. The van der Waals surface area contributed by atoms with Crippen molar-refractivity contribution in [2.75, 3.05) is 9.80 Å². The first-order valence-corrected chi connectivity index (χ1v) is 22.3. The molecule has 6 nitrogen and oxygen atoms in total. The van der Waals surface area contributed by atoms with Gasteiger partial charge in [-0.15, -0.1) is 42.4 Å². The molecule has 0 amide bonds. The van der Waals surface area contributed by atoms with E-state index in [9.17, 15) is 0 Å². The van der Waals surface area contributed by atoms with Gasteiger partial charge in [0.1, 0.15) is 11.6 Å². The predicted molar refractivity (Wildman–Crippen MR) is 263 cm³/mol. The van der Waals surface area contributed by atoms with Gasteiger partial charge in [-0.25, -0.2) is 9.97 Å². The summed E-state index contributed by atoms with van der Waals surface area (Å²) < 4.78 is 8.83. The number of aryl methyl sites for hydroxylation is 2. The fraction of sp³-hybridized carbons (Fsp3) is 0.281. The van der Waals surface area contributed by atoms with Crippen LogP contribution in [0.15, 0.2) is 116 Å². The zero-order valence-electron chi connectivity index (χ0n) is 39.2. The minimum atomic E-state index is -0.0229. The molecule has 64 heavy (non-hydrogen) atoms. The molecule has 4 heterocycles. The molecule has 7 heteroatoms. The van der Waals surface area contributed by atoms with E-state index in [2.05, 4.69) is 195 Å². The first-order chi connectivity index (χ1) is 30.0. The van der Waals surface area contributed by atoms with Gasteiger partial charge in [0.15, 0.2) is 0 Å². The van der Waals surface area contributed by atoms with E-state index in [1.54, 1.807) is 0 Å². The Labute approximate surface area is 394 Å². The van der Waals surface area contributed by atoms with Gasteiger partial charge in [0, 0.05) is 56.2 Å². The van der Waals surface area contributed by atoms with Crippen molar-refractivity contribution < 1.29 is 25.8 Å². The number of aromatic nitrogens is 3. The van der Waals surface area contributed by atoms with Gasteiger partial charge < -0.3 is 19.1 Å². The third-order valence-electron chi connectivity index (χ3n) is 12.5. The van der Waals surface area contributed by atoms with Crippen LogP contribution >= 0.6 is 0 Å². The van der Waals surface area contributed by atoms with Gasteiger partial charge >= 0.3 is 0 Å². The Bertz CT molecular complexity index is 2990. The van der Waals surface area contributed by atoms with Crippen molar-refractivity contribution in [2.45, 2.75) is 106 Å². The molecule has 5 aromatic carbocycles. The van der Waals surface area contributed by atoms with E-state index < -0.39 is 0 Å². The third kappa shape index (κ3) is 8.15. The van der Waals surface area contributed by atoms with Crippen molar-refractivity contribution in [1.82, 2.24) is 14.5 Å². The topological polar surface area (TPSA) is 46.4 Å². The van der Waals surface area contributed by atoms with E-state index in [1.807, 2.05) is 36.7 Å². The molecule has 0 atom stereocenters. The summed E-state index contributed by atoms with van der Waals surface area (Å²) in [5.41, 5.74) is 15.5. The van der Waals surface area contributed by atoms with Crippen LogP contribution in [0, 0.1) is 32.6 Å². The standard InChI is InChI=1S/C57H58N5O.Pt/c1-35(2)47-29-39(53-37(5)27-41(28-38(53)6)57(10,11)12)30-48(36(3)4)54(47)61-34-60(55-50(61)21-16-25-59-55)42-17-15-18-43(32-42)63-44-22-23-46-45-19-13-14-20-49(45)62(51(46)33-44)52-31-40(24-26-58-52)56(7,8)9;/h13-31,34-36H,1-12H3;/q-3;. The molecule has 8 aromatic rings. The Kier molecular flexibility index (Phi) is 11.9. The number of nitrogens with zero attached hydrogens (tertiary/aromatic N) is 5. The molecule has 330 valence electrons. The van der Waals surface area contributed by atoms with Gasteiger partial charge in [0.2, 0.25) is 0 Å². The Morgan fingerprint density at radius 1 is 0.625 bits per heavy atom. The Balaban J connectivity index is 0.00000560. The number of hydrogen-bond donors (Lipinski definition) is 0. The molecule has 0 fully saturated rings. The van der Waals surface area contributed by atoms with E-state index in [0.717, 1.165) is 44.8 Å². The summed E-state index contributed by atoms with van der Waals surface area (Å²) in [5.74, 6) is 3.41. The maximum Gasteiger partial charge on any atom is 0.135 e. The van der Waals surface area contributed by atoms with Crippen molar-refractivity contribution in [3.05, 3.63) is 168 Å². The van der Waals surface area contributed by atoms with Crippen LogP contribution in [0.4, 0.5) is 22.9 Å². The van der Waals surface area contributed by atoms with E-state index in [0.29, 0.717) is 11.5 Å². The second-order valence-corrected chi connectivity index (χ2v) is 19.8. The predicted octanol–water partition coefficient (Wildman–Crippen LogP) is 15.5. The van der Waals surface area contributed by atoms with Crippen LogP contribution < -0.4 is 14.5 Å². The van der Waals surface area contributed by atoms with Crippen LogP contribution in [-0.4, -0.2) is 14.5 Å². The molecule has 0 N–H and O–H groups in total. The number of para-hydroxylation sites is 1. The zero-order chi connectivity index (χ0) is 44.5. The molecule has 0 unspecified atom stereocenters. The van der Waals surface area contributed by atoms with Crippen LogP contribution in [0.1, 0.15) is 114 Å². The second-order valence-electron chi connectivity index (χ2n) is 19.8. The van der Waals surface area contributed by atoms with Crippen LogP contribution in [0.5, 0.6) is 11.5 Å². The normalized spacial score (nSPS) is 13.0. The number of ether oxygens (including phenoxy) is 1. The average molecular weight is 1020 g/mol. The van der Waals surface area contributed by atoms with Crippen LogP contribution in [0.3, 0.4) is 0 Å². The fourth-order valence-electron chi connectivity index (χ4n) is 9.12. The molecular formula is C57H58N5OPt-3. The van der Waals surface area contributed by atoms with E-state index in [4.69, 9.17) is 14.7 Å². The van der Waals surface area contributed by atoms with E-state index >= 15 is 0 Å². The van der Waals surface area contributed by atoms with Crippen LogP contribution in [0.2, 0.25) is 0 Å². The summed E-state index contributed by atoms with van der Waals surface area (Å²) in [6.45, 7) is 29.5. The largest absolute Gasteiger partial charge is 0.509 e. The van der Waals surface area contributed by atoms with Crippen molar-refractivity contribution in [3.8, 4) is 28.4 Å². The monoisotopic (exact) mass is 1020 g/mol. The van der Waals surface area contributed by atoms with Crippen molar-refractivity contribution in [2.24, 2.45) is 0 Å². The summed E-state index contributed by atoms with van der Waals surface area (Å²) in [7, 11) is 0. The summed E-state index contributed by atoms with van der Waals surface area (Å²) in [4.78, 5) is 14.3. The van der Waals surface area contributed by atoms with Gasteiger partial charge in [-0.3, -0.25) is 0 Å². The zero-order valence-corrected chi connectivity index (χ0v) is 41.4. The number of fused-ring (bicyclic) bond motifs is 4. The SMILES string of the molecule is Cc1cc(C(C)(C)C)cc(C)c1-c1cc(C(C)C)c(N2[CH-]N(c3[c-]c(Oc4[c-]c5c(cc4)c4ccccc4n5-c4cc(C(C)(C)C)ccn4)ccc3)c3ncccc32)c(C(C)C)c1.[Pt]. The number of hydrogen-bond acceptors (Lipinski definition) is 5. The average Bonchev–Trinajstić information content (AvgIpc) is 3.78. The maximum absolute atomic E-state index is 6.63. The molecule has 9 rings (SSSR count). The molecule has 1 aliphatic rings. The van der Waals surface area contributed by atoms with Crippen molar-refractivity contribution >= 4 is 44.7 Å². The Morgan fingerprint density at radius 3 is 1.97 bits per heavy atom. The smallest absolute Gasteiger partial charge is 0.135 e. The first-order valence-electron chi connectivity index (χ1n) is 22.3. The van der Waals surface area contributed by atoms with Crippen LogP contribution in [-0.2, 0) is 31.9 Å². The molecule has 0 aliphatic carbocycles. The summed E-state index contributed by atoms with van der Waals surface area (Å²) >= 11 is 0. The minimum Gasteiger partial charge on any atom is -0.509 e. The van der Waals surface area contributed by atoms with Gasteiger partial charge in [0.05, 0.1) is 5.69 Å². The Morgan fingerprint density at radius 2 is 1.30 bits per heavy atom. The van der Waals surface area contributed by atoms with Gasteiger partial charge in [-0.1, -0.05) is 111 Å². The summed E-state index contributed by atoms with van der Waals surface area (Å²) in [6.07, 6.45) is 3.76. The molecule has 1 aliphatic heterocycles. The number of pyridine rings is 2. The third-order valence-corrected chi connectivity index (χ3v) is 12.5. The van der Waals surface area contributed by atoms with Crippen LogP contribution in [0.25, 0.3) is 38.8 Å². The minimum absolute atomic E-state index is 0. The summed E-state index contributed by atoms with van der Waals surface area (Å²) in [5, 5.41) is 2.23. The van der Waals surface area contributed by atoms with E-state index in [1.165, 1.54) is 50.2 Å². The fourth-order valence-corrected chi connectivity index (χ4v) is 9.12. The first kappa shape index (κ1) is 44.9. The van der Waals surface area contributed by atoms with Gasteiger partial charge in [-0.05, 0) is 129 Å². The molecular weight excluding hydrogens is 966 g/mol. The molecule has 0 radical (unpaired) electrons. The Hall–Kier alpha value is -5.71. The number of benzene rings is 5. The summed E-state index contributed by atoms with van der Waals surface area (Å²) in [6, 6.07) is 43.9. The number of anilines is 4. The molecule has 0 saturated carbocycles. The van der Waals surface area contributed by atoms with Gasteiger partial charge in [0.25, 0.3) is 0 Å². The van der Waals surface area contributed by atoms with Gasteiger partial charge in [-0.2, -0.15) is 12.1 Å². The maximum atomic E-state index is 6.63.